The van der Waals surface area contributed by atoms with Crippen LogP contribution in [0.25, 0.3) is 0 Å². The fourth-order valence-electron chi connectivity index (χ4n) is 0.813. The van der Waals surface area contributed by atoms with E-state index < -0.39 is 15.5 Å². The average molecular weight is 182 g/mol. The molecule has 0 radical (unpaired) electrons. The van der Waals surface area contributed by atoms with Crippen molar-refractivity contribution in [3.63, 3.8) is 0 Å². The molecule has 5 heteroatoms. The van der Waals surface area contributed by atoms with Gasteiger partial charge < -0.3 is 13.3 Å². The van der Waals surface area contributed by atoms with Crippen LogP contribution >= 0.6 is 0 Å². The van der Waals surface area contributed by atoms with Crippen molar-refractivity contribution >= 4 is 8.80 Å². The molecule has 0 fully saturated rings. The minimum absolute atomic E-state index is 0.230. The topological polar surface area (TPSA) is 27.7 Å². The summed E-state index contributed by atoms with van der Waals surface area (Å²) in [4.78, 5) is 0. The lowest BCUT2D eigenvalue weighted by atomic mass is 10.9. The second kappa shape index (κ2) is 5.65. The molecule has 0 unspecified atom stereocenters. The number of rotatable bonds is 6. The molecule has 0 saturated carbocycles. The Balaban J connectivity index is 3.96. The fraction of sp³-hybridized carbons (Fsp3) is 1.00. The molecular formula is C6H15FO3Si. The van der Waals surface area contributed by atoms with Crippen molar-refractivity contribution in [1.29, 1.82) is 0 Å². The van der Waals surface area contributed by atoms with Gasteiger partial charge in [0.25, 0.3) is 0 Å². The van der Waals surface area contributed by atoms with Crippen LogP contribution in [0.15, 0.2) is 0 Å². The third-order valence-electron chi connectivity index (χ3n) is 1.39. The molecule has 3 nitrogen and oxygen atoms in total. The lowest BCUT2D eigenvalue weighted by Crippen LogP contribution is -2.44. The molecule has 0 atom stereocenters. The predicted octanol–water partition coefficient (Wildman–Crippen LogP) is 1.22. The summed E-state index contributed by atoms with van der Waals surface area (Å²) >= 11 is 0. The van der Waals surface area contributed by atoms with Gasteiger partial charge in [-0.2, -0.15) is 0 Å². The van der Waals surface area contributed by atoms with Gasteiger partial charge in [-0.05, 0) is 6.92 Å². The molecule has 0 rings (SSSR count). The second-order valence-corrected chi connectivity index (χ2v) is 4.93. The standard InChI is InChI=1S/C6H15FO3Si/c1-4-10-11(8-2,9-3)6-5-7/h4-6H2,1-3H3. The number of alkyl halides is 1. The molecule has 11 heavy (non-hydrogen) atoms. The van der Waals surface area contributed by atoms with Crippen LogP contribution in [-0.4, -0.2) is 36.3 Å². The lowest BCUT2D eigenvalue weighted by molar-refractivity contribution is 0.102. The Kier molecular flexibility index (Phi) is 5.66. The highest BCUT2D eigenvalue weighted by Crippen LogP contribution is 2.13. The summed E-state index contributed by atoms with van der Waals surface area (Å²) in [7, 11) is 0.356. The zero-order valence-electron chi connectivity index (χ0n) is 7.22. The van der Waals surface area contributed by atoms with Gasteiger partial charge in [0.1, 0.15) is 0 Å². The first kappa shape index (κ1) is 11.0. The van der Waals surface area contributed by atoms with Gasteiger partial charge in [0, 0.05) is 26.9 Å². The van der Waals surface area contributed by atoms with Crippen molar-refractivity contribution in [2.45, 2.75) is 13.0 Å². The Morgan fingerprint density at radius 3 is 2.09 bits per heavy atom. The zero-order valence-corrected chi connectivity index (χ0v) is 8.22. The van der Waals surface area contributed by atoms with E-state index in [9.17, 15) is 4.39 Å². The highest BCUT2D eigenvalue weighted by atomic mass is 28.4. The summed E-state index contributed by atoms with van der Waals surface area (Å²) in [5, 5.41) is 0. The van der Waals surface area contributed by atoms with Crippen LogP contribution in [0.2, 0.25) is 6.04 Å². The van der Waals surface area contributed by atoms with E-state index in [1.54, 1.807) is 0 Å². The van der Waals surface area contributed by atoms with Crippen LogP contribution < -0.4 is 0 Å². The summed E-state index contributed by atoms with van der Waals surface area (Å²) < 4.78 is 27.2. The summed E-state index contributed by atoms with van der Waals surface area (Å²) in [5.41, 5.74) is 0. The molecule has 0 spiro atoms. The van der Waals surface area contributed by atoms with Crippen LogP contribution in [0, 0.1) is 0 Å². The lowest BCUT2D eigenvalue weighted by Gasteiger charge is -2.24. The molecule has 0 heterocycles. The first-order valence-corrected chi connectivity index (χ1v) is 5.48. The van der Waals surface area contributed by atoms with Crippen molar-refractivity contribution in [3.05, 3.63) is 0 Å². The quantitative estimate of drug-likeness (QED) is 0.578. The average Bonchev–Trinajstić information content (AvgIpc) is 2.04. The van der Waals surface area contributed by atoms with Crippen LogP contribution in [0.4, 0.5) is 4.39 Å². The minimum atomic E-state index is -2.62. The van der Waals surface area contributed by atoms with E-state index >= 15 is 0 Å². The van der Waals surface area contributed by atoms with E-state index in [1.165, 1.54) is 14.2 Å². The Labute approximate surface area is 67.8 Å². The van der Waals surface area contributed by atoms with E-state index in [0.29, 0.717) is 6.61 Å². The Morgan fingerprint density at radius 2 is 1.82 bits per heavy atom. The van der Waals surface area contributed by atoms with E-state index in [0.717, 1.165) is 0 Å². The largest absolute Gasteiger partial charge is 0.503 e. The molecule has 0 aliphatic carbocycles. The fourth-order valence-corrected chi connectivity index (χ4v) is 2.44. The first-order valence-electron chi connectivity index (χ1n) is 3.55. The summed E-state index contributed by atoms with van der Waals surface area (Å²) in [6.45, 7) is 1.86. The predicted molar refractivity (Wildman–Crippen MR) is 42.2 cm³/mol. The van der Waals surface area contributed by atoms with Gasteiger partial charge in [-0.1, -0.05) is 0 Å². The third kappa shape index (κ3) is 3.28. The van der Waals surface area contributed by atoms with Crippen LogP contribution in [-0.2, 0) is 13.3 Å². The molecule has 0 aliphatic heterocycles. The smallest absolute Gasteiger partial charge is 0.377 e. The number of halogens is 1. The molecule has 0 aromatic heterocycles. The Hall–Kier alpha value is 0.0269. The van der Waals surface area contributed by atoms with Crippen molar-refractivity contribution in [3.8, 4) is 0 Å². The van der Waals surface area contributed by atoms with Gasteiger partial charge in [-0.15, -0.1) is 0 Å². The Bertz CT molecular complexity index is 89.8. The zero-order chi connectivity index (χ0) is 8.74. The summed E-state index contributed by atoms with van der Waals surface area (Å²) in [6, 6.07) is 0.230. The highest BCUT2D eigenvalue weighted by molar-refractivity contribution is 6.60. The second-order valence-electron chi connectivity index (χ2n) is 1.96. The van der Waals surface area contributed by atoms with Crippen molar-refractivity contribution in [2.75, 3.05) is 27.5 Å². The van der Waals surface area contributed by atoms with E-state index in [-0.39, 0.29) is 6.04 Å². The summed E-state index contributed by atoms with van der Waals surface area (Å²) in [5.74, 6) is 0. The maximum absolute atomic E-state index is 12.0. The Morgan fingerprint density at radius 1 is 1.27 bits per heavy atom. The number of hydrogen-bond acceptors (Lipinski definition) is 3. The molecule has 0 amide bonds. The van der Waals surface area contributed by atoms with Gasteiger partial charge in [0.2, 0.25) is 0 Å². The van der Waals surface area contributed by atoms with Crippen LogP contribution in [0.1, 0.15) is 6.92 Å². The van der Waals surface area contributed by atoms with Crippen LogP contribution in [0.3, 0.4) is 0 Å². The SMILES string of the molecule is CCO[Si](CCF)(OC)OC. The van der Waals surface area contributed by atoms with Gasteiger partial charge in [-0.25, -0.2) is 0 Å². The van der Waals surface area contributed by atoms with Crippen molar-refractivity contribution in [2.24, 2.45) is 0 Å². The third-order valence-corrected chi connectivity index (χ3v) is 4.16. The van der Waals surface area contributed by atoms with E-state index in [4.69, 9.17) is 13.3 Å². The molecule has 0 bridgehead atoms. The van der Waals surface area contributed by atoms with Crippen molar-refractivity contribution in [1.82, 2.24) is 0 Å². The number of hydrogen-bond donors (Lipinski definition) is 0. The minimum Gasteiger partial charge on any atom is -0.377 e. The molecule has 0 saturated heterocycles. The molecular weight excluding hydrogens is 167 g/mol. The van der Waals surface area contributed by atoms with Crippen LogP contribution in [0.5, 0.6) is 0 Å². The molecule has 0 aromatic carbocycles. The van der Waals surface area contributed by atoms with E-state index in [2.05, 4.69) is 0 Å². The summed E-state index contributed by atoms with van der Waals surface area (Å²) in [6.07, 6.45) is 0. The molecule has 0 aromatic rings. The van der Waals surface area contributed by atoms with Gasteiger partial charge in [0.15, 0.2) is 0 Å². The van der Waals surface area contributed by atoms with Gasteiger partial charge >= 0.3 is 8.80 Å². The normalized spacial score (nSPS) is 12.0. The van der Waals surface area contributed by atoms with Gasteiger partial charge in [-0.3, -0.25) is 4.39 Å². The first-order chi connectivity index (χ1) is 5.24. The van der Waals surface area contributed by atoms with Gasteiger partial charge in [0.05, 0.1) is 6.67 Å². The molecule has 0 aliphatic rings. The monoisotopic (exact) mass is 182 g/mol. The highest BCUT2D eigenvalue weighted by Gasteiger charge is 2.37. The molecule has 0 N–H and O–H groups in total. The molecule has 68 valence electrons. The maximum Gasteiger partial charge on any atom is 0.503 e. The maximum atomic E-state index is 12.0. The van der Waals surface area contributed by atoms with E-state index in [1.807, 2.05) is 6.92 Å². The van der Waals surface area contributed by atoms with Crippen molar-refractivity contribution < 1.29 is 17.7 Å².